The maximum Gasteiger partial charge on any atom is 0.416 e. The van der Waals surface area contributed by atoms with Gasteiger partial charge in [0.05, 0.1) is 26.0 Å². The molecule has 132 valence electrons. The van der Waals surface area contributed by atoms with E-state index in [0.29, 0.717) is 17.1 Å². The molecule has 25 heavy (non-hydrogen) atoms. The highest BCUT2D eigenvalue weighted by Crippen LogP contribution is 2.28. The van der Waals surface area contributed by atoms with Crippen LogP contribution in [0, 0.1) is 0 Å². The van der Waals surface area contributed by atoms with Crippen LogP contribution in [-0.4, -0.2) is 26.3 Å². The summed E-state index contributed by atoms with van der Waals surface area (Å²) in [5.41, 5.74) is 2.22. The van der Waals surface area contributed by atoms with E-state index in [1.807, 2.05) is 0 Å². The smallest absolute Gasteiger partial charge is 0.416 e. The molecule has 2 aromatic rings. The summed E-state index contributed by atoms with van der Waals surface area (Å²) in [6, 6.07) is 9.02. The number of alkyl halides is 3. The number of ether oxygens (including phenoxy) is 2. The van der Waals surface area contributed by atoms with Crippen molar-refractivity contribution in [2.45, 2.75) is 6.18 Å². The molecule has 0 aromatic heterocycles. The topological polar surface area (TPSA) is 59.9 Å². The Morgan fingerprint density at radius 2 is 1.60 bits per heavy atom. The monoisotopic (exact) mass is 352 g/mol. The molecule has 8 heteroatoms. The molecule has 0 saturated heterocycles. The molecule has 0 atom stereocenters. The van der Waals surface area contributed by atoms with Crippen LogP contribution in [0.2, 0.25) is 0 Å². The number of carbonyl (C=O) groups is 1. The molecule has 0 fully saturated rings. The molecule has 2 aromatic carbocycles. The Balaban J connectivity index is 2.05. The summed E-state index contributed by atoms with van der Waals surface area (Å²) in [7, 11) is 2.92. The number of hydrogen-bond acceptors (Lipinski definition) is 4. The number of rotatable bonds is 5. The third-order valence-electron chi connectivity index (χ3n) is 3.23. The lowest BCUT2D eigenvalue weighted by molar-refractivity contribution is -0.137. The normalized spacial score (nSPS) is 11.4. The largest absolute Gasteiger partial charge is 0.497 e. The number of nitrogens with one attached hydrogen (secondary N) is 1. The van der Waals surface area contributed by atoms with Crippen molar-refractivity contribution in [2.75, 3.05) is 14.2 Å². The first-order chi connectivity index (χ1) is 11.8. The Hall–Kier alpha value is -3.03. The molecule has 0 aliphatic heterocycles. The average molecular weight is 352 g/mol. The second kappa shape index (κ2) is 7.69. The minimum Gasteiger partial charge on any atom is -0.497 e. The number of carbonyl (C=O) groups excluding carboxylic acids is 1. The van der Waals surface area contributed by atoms with Gasteiger partial charge in [-0.15, -0.1) is 0 Å². The molecule has 0 aliphatic rings. The highest BCUT2D eigenvalue weighted by molar-refractivity contribution is 5.95. The maximum atomic E-state index is 12.5. The van der Waals surface area contributed by atoms with Crippen LogP contribution in [0.15, 0.2) is 47.6 Å². The molecule has 0 bridgehead atoms. The number of hydrazone groups is 1. The average Bonchev–Trinajstić information content (AvgIpc) is 2.60. The van der Waals surface area contributed by atoms with Crippen molar-refractivity contribution in [3.05, 3.63) is 59.2 Å². The fourth-order valence-corrected chi connectivity index (χ4v) is 1.93. The van der Waals surface area contributed by atoms with Gasteiger partial charge in [-0.2, -0.15) is 18.3 Å². The molecular weight excluding hydrogens is 337 g/mol. The van der Waals surface area contributed by atoms with E-state index in [-0.39, 0.29) is 5.56 Å². The van der Waals surface area contributed by atoms with E-state index >= 15 is 0 Å². The minimum absolute atomic E-state index is 0.265. The van der Waals surface area contributed by atoms with Crippen molar-refractivity contribution in [3.63, 3.8) is 0 Å². The van der Waals surface area contributed by atoms with Gasteiger partial charge in [0.25, 0.3) is 5.91 Å². The van der Waals surface area contributed by atoms with Crippen LogP contribution in [0.5, 0.6) is 11.5 Å². The summed E-state index contributed by atoms with van der Waals surface area (Å²) in [5.74, 6) is 0.368. The van der Waals surface area contributed by atoms with Gasteiger partial charge in [-0.3, -0.25) is 4.79 Å². The summed E-state index contributed by atoms with van der Waals surface area (Å²) < 4.78 is 47.6. The van der Waals surface area contributed by atoms with Gasteiger partial charge in [0.15, 0.2) is 0 Å². The van der Waals surface area contributed by atoms with E-state index in [1.54, 1.807) is 6.07 Å². The standard InChI is InChI=1S/C17H15F3N2O3/c1-24-14-7-12(8-15(9-14)25-2)16(23)22-21-10-11-3-5-13(6-4-11)17(18,19)20/h3-10H,1-2H3,(H,22,23)/b21-10+. The number of hydrogen-bond donors (Lipinski definition) is 1. The van der Waals surface area contributed by atoms with Gasteiger partial charge in [-0.1, -0.05) is 12.1 Å². The molecule has 0 unspecified atom stereocenters. The third kappa shape index (κ3) is 4.97. The lowest BCUT2D eigenvalue weighted by atomic mass is 10.1. The minimum atomic E-state index is -4.39. The number of methoxy groups -OCH3 is 2. The van der Waals surface area contributed by atoms with Gasteiger partial charge in [0.2, 0.25) is 0 Å². The van der Waals surface area contributed by atoms with Gasteiger partial charge in [-0.25, -0.2) is 5.43 Å². The van der Waals surface area contributed by atoms with E-state index in [9.17, 15) is 18.0 Å². The molecule has 0 radical (unpaired) electrons. The van der Waals surface area contributed by atoms with Gasteiger partial charge < -0.3 is 9.47 Å². The Morgan fingerprint density at radius 1 is 1.04 bits per heavy atom. The number of amides is 1. The zero-order valence-corrected chi connectivity index (χ0v) is 13.4. The first-order valence-corrected chi connectivity index (χ1v) is 7.07. The maximum absolute atomic E-state index is 12.5. The molecule has 1 amide bonds. The third-order valence-corrected chi connectivity index (χ3v) is 3.23. The predicted octanol–water partition coefficient (Wildman–Crippen LogP) is 3.49. The van der Waals surface area contributed by atoms with Gasteiger partial charge in [-0.05, 0) is 29.8 Å². The van der Waals surface area contributed by atoms with E-state index in [1.165, 1.54) is 44.7 Å². The van der Waals surface area contributed by atoms with Gasteiger partial charge in [0, 0.05) is 11.6 Å². The zero-order chi connectivity index (χ0) is 18.4. The van der Waals surface area contributed by atoms with Crippen LogP contribution >= 0.6 is 0 Å². The summed E-state index contributed by atoms with van der Waals surface area (Å²) in [5, 5.41) is 3.73. The van der Waals surface area contributed by atoms with Crippen LogP contribution in [0.4, 0.5) is 13.2 Å². The van der Waals surface area contributed by atoms with Crippen molar-refractivity contribution in [1.29, 1.82) is 0 Å². The predicted molar refractivity (Wildman–Crippen MR) is 86.1 cm³/mol. The molecule has 0 aliphatic carbocycles. The SMILES string of the molecule is COc1cc(OC)cc(C(=O)N/N=C/c2ccc(C(F)(F)F)cc2)c1. The van der Waals surface area contributed by atoms with Crippen molar-refractivity contribution >= 4 is 12.1 Å². The molecule has 0 saturated carbocycles. The molecular formula is C17H15F3N2O3. The van der Waals surface area contributed by atoms with Crippen LogP contribution in [-0.2, 0) is 6.18 Å². The van der Waals surface area contributed by atoms with E-state index < -0.39 is 17.6 Å². The van der Waals surface area contributed by atoms with Gasteiger partial charge in [0.1, 0.15) is 11.5 Å². The summed E-state index contributed by atoms with van der Waals surface area (Å²) in [4.78, 5) is 12.1. The molecule has 1 N–H and O–H groups in total. The van der Waals surface area contributed by atoms with Crippen LogP contribution in [0.1, 0.15) is 21.5 Å². The Bertz CT molecular complexity index is 749. The molecule has 0 spiro atoms. The van der Waals surface area contributed by atoms with Crippen LogP contribution in [0.25, 0.3) is 0 Å². The summed E-state index contributed by atoms with van der Waals surface area (Å²) >= 11 is 0. The molecule has 5 nitrogen and oxygen atoms in total. The number of nitrogens with zero attached hydrogens (tertiary/aromatic N) is 1. The quantitative estimate of drug-likeness (QED) is 0.662. The first kappa shape index (κ1) is 18.3. The zero-order valence-electron chi connectivity index (χ0n) is 13.4. The van der Waals surface area contributed by atoms with Crippen molar-refractivity contribution < 1.29 is 27.4 Å². The highest BCUT2D eigenvalue weighted by atomic mass is 19.4. The second-order valence-corrected chi connectivity index (χ2v) is 4.92. The van der Waals surface area contributed by atoms with Crippen LogP contribution in [0.3, 0.4) is 0 Å². The first-order valence-electron chi connectivity index (χ1n) is 7.07. The van der Waals surface area contributed by atoms with E-state index in [2.05, 4.69) is 10.5 Å². The summed E-state index contributed by atoms with van der Waals surface area (Å²) in [6.45, 7) is 0. The van der Waals surface area contributed by atoms with Crippen molar-refractivity contribution in [1.82, 2.24) is 5.43 Å². The summed E-state index contributed by atoms with van der Waals surface area (Å²) in [6.07, 6.45) is -3.15. The number of halogens is 3. The Labute approximate surface area is 142 Å². The Kier molecular flexibility index (Phi) is 5.63. The molecule has 2 rings (SSSR count). The molecule has 0 heterocycles. The van der Waals surface area contributed by atoms with Crippen molar-refractivity contribution in [3.8, 4) is 11.5 Å². The lowest BCUT2D eigenvalue weighted by Crippen LogP contribution is -2.17. The van der Waals surface area contributed by atoms with E-state index in [0.717, 1.165) is 12.1 Å². The van der Waals surface area contributed by atoms with E-state index in [4.69, 9.17) is 9.47 Å². The number of benzene rings is 2. The van der Waals surface area contributed by atoms with Gasteiger partial charge >= 0.3 is 6.18 Å². The van der Waals surface area contributed by atoms with Crippen molar-refractivity contribution in [2.24, 2.45) is 5.10 Å². The Morgan fingerprint density at radius 3 is 2.08 bits per heavy atom. The second-order valence-electron chi connectivity index (χ2n) is 4.92. The fraction of sp³-hybridized carbons (Fsp3) is 0.176. The fourth-order valence-electron chi connectivity index (χ4n) is 1.93. The highest BCUT2D eigenvalue weighted by Gasteiger charge is 2.29. The van der Waals surface area contributed by atoms with Crippen LogP contribution < -0.4 is 14.9 Å². The lowest BCUT2D eigenvalue weighted by Gasteiger charge is -2.07.